The highest BCUT2D eigenvalue weighted by Crippen LogP contribution is 2.29. The Kier molecular flexibility index (Phi) is 6.92. The van der Waals surface area contributed by atoms with Crippen LogP contribution in [0.4, 0.5) is 11.4 Å². The number of hydrogen-bond acceptors (Lipinski definition) is 5. The number of methoxy groups -OCH3 is 2. The molecule has 0 atom stereocenters. The van der Waals surface area contributed by atoms with Crippen molar-refractivity contribution in [3.63, 3.8) is 0 Å². The van der Waals surface area contributed by atoms with Gasteiger partial charge in [-0.15, -0.1) is 0 Å². The zero-order valence-corrected chi connectivity index (χ0v) is 16.2. The van der Waals surface area contributed by atoms with E-state index in [1.165, 1.54) is 34.1 Å². The Bertz CT molecular complexity index is 917. The second-order valence-corrected chi connectivity index (χ2v) is 5.97. The van der Waals surface area contributed by atoms with E-state index in [-0.39, 0.29) is 11.4 Å². The molecule has 146 valence electrons. The van der Waals surface area contributed by atoms with Gasteiger partial charge >= 0.3 is 0 Å². The molecule has 0 heterocycles. The van der Waals surface area contributed by atoms with Crippen LogP contribution in [0.25, 0.3) is 0 Å². The molecule has 0 aliphatic rings. The van der Waals surface area contributed by atoms with E-state index in [9.17, 15) is 14.4 Å². The van der Waals surface area contributed by atoms with E-state index in [0.717, 1.165) is 0 Å². The minimum atomic E-state index is -0.449. The lowest BCUT2D eigenvalue weighted by Crippen LogP contribution is -2.16. The van der Waals surface area contributed by atoms with E-state index in [4.69, 9.17) is 9.47 Å². The van der Waals surface area contributed by atoms with Crippen LogP contribution in [0.15, 0.2) is 54.1 Å². The third kappa shape index (κ3) is 5.44. The van der Waals surface area contributed by atoms with Gasteiger partial charge in [0.05, 0.1) is 14.2 Å². The van der Waals surface area contributed by atoms with Crippen molar-refractivity contribution in [1.29, 1.82) is 0 Å². The summed E-state index contributed by atoms with van der Waals surface area (Å²) in [5.74, 6) is 0.0990. The standard InChI is InChI=1S/C21H22N2O5/c1-13(11-20(25)22-16-7-5-15(6-8-16)14(2)24)21(26)23-17-9-10-18(27-3)19(12-17)28-4/h5-12H,1-4H3,(H,22,25)(H,23,26)/b13-11-. The number of benzene rings is 2. The number of carbonyl (C=O) groups excluding carboxylic acids is 3. The van der Waals surface area contributed by atoms with E-state index >= 15 is 0 Å². The number of amides is 2. The Hall–Kier alpha value is -3.61. The number of ether oxygens (including phenoxy) is 2. The lowest BCUT2D eigenvalue weighted by Gasteiger charge is -2.11. The number of nitrogens with one attached hydrogen (secondary N) is 2. The number of ketones is 1. The first-order chi connectivity index (χ1) is 13.3. The van der Waals surface area contributed by atoms with Gasteiger partial charge in [0.1, 0.15) is 0 Å². The molecule has 0 aliphatic carbocycles. The maximum atomic E-state index is 12.3. The lowest BCUT2D eigenvalue weighted by atomic mass is 10.1. The summed E-state index contributed by atoms with van der Waals surface area (Å²) >= 11 is 0. The minimum Gasteiger partial charge on any atom is -0.493 e. The molecule has 2 N–H and O–H groups in total. The summed E-state index contributed by atoms with van der Waals surface area (Å²) in [7, 11) is 3.02. The Labute approximate surface area is 163 Å². The van der Waals surface area contributed by atoms with Gasteiger partial charge in [-0.1, -0.05) is 0 Å². The second-order valence-electron chi connectivity index (χ2n) is 5.97. The van der Waals surface area contributed by atoms with Gasteiger partial charge in [-0.25, -0.2) is 0 Å². The van der Waals surface area contributed by atoms with Gasteiger partial charge in [0, 0.05) is 34.7 Å². The highest BCUT2D eigenvalue weighted by molar-refractivity contribution is 6.10. The number of anilines is 2. The summed E-state index contributed by atoms with van der Waals surface area (Å²) in [5, 5.41) is 5.34. The largest absolute Gasteiger partial charge is 0.493 e. The van der Waals surface area contributed by atoms with Crippen LogP contribution in [0.3, 0.4) is 0 Å². The van der Waals surface area contributed by atoms with Crippen LogP contribution in [-0.4, -0.2) is 31.8 Å². The van der Waals surface area contributed by atoms with Crippen LogP contribution in [0.1, 0.15) is 24.2 Å². The quantitative estimate of drug-likeness (QED) is 0.565. The molecule has 7 nitrogen and oxygen atoms in total. The van der Waals surface area contributed by atoms with Crippen LogP contribution in [-0.2, 0) is 9.59 Å². The Balaban J connectivity index is 2.02. The molecule has 0 saturated heterocycles. The zero-order chi connectivity index (χ0) is 20.7. The van der Waals surface area contributed by atoms with Gasteiger partial charge in [-0.05, 0) is 50.2 Å². The van der Waals surface area contributed by atoms with Crippen molar-refractivity contribution in [3.8, 4) is 11.5 Å². The fourth-order valence-corrected chi connectivity index (χ4v) is 2.37. The second kappa shape index (κ2) is 9.36. The molecule has 2 aromatic carbocycles. The molecule has 0 unspecified atom stereocenters. The lowest BCUT2D eigenvalue weighted by molar-refractivity contribution is -0.114. The number of carbonyl (C=O) groups is 3. The maximum Gasteiger partial charge on any atom is 0.251 e. The van der Waals surface area contributed by atoms with Crippen LogP contribution >= 0.6 is 0 Å². The van der Waals surface area contributed by atoms with Crippen molar-refractivity contribution in [1.82, 2.24) is 0 Å². The van der Waals surface area contributed by atoms with Crippen LogP contribution in [0, 0.1) is 0 Å². The van der Waals surface area contributed by atoms with Crippen molar-refractivity contribution >= 4 is 29.0 Å². The molecule has 0 aromatic heterocycles. The molecule has 0 saturated carbocycles. The third-order valence-corrected chi connectivity index (χ3v) is 3.91. The SMILES string of the molecule is COc1ccc(NC(=O)/C(C)=C\C(=O)Nc2ccc(C(C)=O)cc2)cc1OC. The van der Waals surface area contributed by atoms with Gasteiger partial charge < -0.3 is 20.1 Å². The van der Waals surface area contributed by atoms with Gasteiger partial charge in [0.2, 0.25) is 5.91 Å². The van der Waals surface area contributed by atoms with Crippen molar-refractivity contribution in [2.45, 2.75) is 13.8 Å². The van der Waals surface area contributed by atoms with E-state index in [0.29, 0.717) is 28.4 Å². The Morgan fingerprint density at radius 2 is 1.43 bits per heavy atom. The molecule has 2 rings (SSSR count). The van der Waals surface area contributed by atoms with E-state index in [1.54, 1.807) is 42.5 Å². The highest BCUT2D eigenvalue weighted by atomic mass is 16.5. The van der Waals surface area contributed by atoms with Gasteiger partial charge in [-0.2, -0.15) is 0 Å². The first-order valence-electron chi connectivity index (χ1n) is 8.47. The van der Waals surface area contributed by atoms with Gasteiger partial charge in [-0.3, -0.25) is 14.4 Å². The molecule has 28 heavy (non-hydrogen) atoms. The number of hydrogen-bond donors (Lipinski definition) is 2. The molecule has 2 amide bonds. The summed E-state index contributed by atoms with van der Waals surface area (Å²) in [4.78, 5) is 35.7. The first-order valence-corrected chi connectivity index (χ1v) is 8.47. The van der Waals surface area contributed by atoms with Gasteiger partial charge in [0.25, 0.3) is 5.91 Å². The zero-order valence-electron chi connectivity index (χ0n) is 16.2. The monoisotopic (exact) mass is 382 g/mol. The van der Waals surface area contributed by atoms with E-state index in [1.807, 2.05) is 0 Å². The van der Waals surface area contributed by atoms with Crippen molar-refractivity contribution < 1.29 is 23.9 Å². The maximum absolute atomic E-state index is 12.3. The minimum absolute atomic E-state index is 0.0551. The molecular weight excluding hydrogens is 360 g/mol. The predicted molar refractivity (Wildman–Crippen MR) is 107 cm³/mol. The van der Waals surface area contributed by atoms with Crippen LogP contribution in [0.5, 0.6) is 11.5 Å². The first kappa shape index (κ1) is 20.7. The summed E-state index contributed by atoms with van der Waals surface area (Å²) in [6.07, 6.45) is 1.20. The topological polar surface area (TPSA) is 93.7 Å². The third-order valence-electron chi connectivity index (χ3n) is 3.91. The fourth-order valence-electron chi connectivity index (χ4n) is 2.37. The highest BCUT2D eigenvalue weighted by Gasteiger charge is 2.10. The molecule has 0 bridgehead atoms. The summed E-state index contributed by atoms with van der Waals surface area (Å²) < 4.78 is 10.3. The van der Waals surface area contributed by atoms with Crippen LogP contribution < -0.4 is 20.1 Å². The van der Waals surface area contributed by atoms with E-state index < -0.39 is 11.8 Å². The smallest absolute Gasteiger partial charge is 0.251 e. The molecule has 7 heteroatoms. The average Bonchev–Trinajstić information content (AvgIpc) is 2.68. The van der Waals surface area contributed by atoms with E-state index in [2.05, 4.69) is 10.6 Å². The Morgan fingerprint density at radius 1 is 0.821 bits per heavy atom. The molecule has 2 aromatic rings. The normalized spacial score (nSPS) is 10.8. The predicted octanol–water partition coefficient (Wildman–Crippen LogP) is 3.43. The van der Waals surface area contributed by atoms with Crippen molar-refractivity contribution in [2.75, 3.05) is 24.9 Å². The molecule has 0 radical (unpaired) electrons. The Morgan fingerprint density at radius 3 is 2.00 bits per heavy atom. The molecule has 0 fully saturated rings. The fraction of sp³-hybridized carbons (Fsp3) is 0.190. The molecule has 0 spiro atoms. The van der Waals surface area contributed by atoms with Gasteiger partial charge in [0.15, 0.2) is 17.3 Å². The number of Topliss-reactive ketones (excluding diaryl/α,β-unsaturated/α-hetero) is 1. The molecular formula is C21H22N2O5. The van der Waals surface area contributed by atoms with Crippen LogP contribution in [0.2, 0.25) is 0 Å². The van der Waals surface area contributed by atoms with Crippen molar-refractivity contribution in [3.05, 3.63) is 59.7 Å². The number of rotatable bonds is 7. The molecule has 0 aliphatic heterocycles. The summed E-state index contributed by atoms with van der Waals surface area (Å²) in [6.45, 7) is 3.01. The summed E-state index contributed by atoms with van der Waals surface area (Å²) in [6, 6.07) is 11.5. The average molecular weight is 382 g/mol. The van der Waals surface area contributed by atoms with Crippen molar-refractivity contribution in [2.24, 2.45) is 0 Å². The summed E-state index contributed by atoms with van der Waals surface area (Å²) in [5.41, 5.74) is 1.82.